The third-order valence-corrected chi connectivity index (χ3v) is 13.8. The van der Waals surface area contributed by atoms with Crippen LogP contribution in [-0.2, 0) is 27.5 Å². The highest BCUT2D eigenvalue weighted by Gasteiger charge is 2.63. The third kappa shape index (κ3) is 4.75. The number of aromatic nitrogens is 1. The summed E-state index contributed by atoms with van der Waals surface area (Å²) in [6.45, 7) is 12.4. The normalized spacial score (nSPS) is 25.8. The molecule has 0 radical (unpaired) electrons. The molecule has 2 N–H and O–H groups in total. The zero-order valence-corrected chi connectivity index (χ0v) is 26.0. The molecule has 2 aliphatic carbocycles. The summed E-state index contributed by atoms with van der Waals surface area (Å²) in [7, 11) is -0.756. The van der Waals surface area contributed by atoms with Gasteiger partial charge < -0.3 is 23.6 Å². The Morgan fingerprint density at radius 1 is 1.18 bits per heavy atom. The van der Waals surface area contributed by atoms with E-state index >= 15 is 0 Å². The SMILES string of the molecule is COCOc1cc(OC(F)F)cc(C)c1[C@]1(C2(O[Si](C)(C)C(C)(C)C)CC(C)C2)C=c2c3c([nH]c2=NN1)CCC3. The first-order valence-electron chi connectivity index (χ1n) is 14.2. The van der Waals surface area contributed by atoms with Gasteiger partial charge in [0.1, 0.15) is 17.0 Å². The maximum Gasteiger partial charge on any atom is 0.387 e. The number of methoxy groups -OCH3 is 1. The van der Waals surface area contributed by atoms with Gasteiger partial charge in [-0.25, -0.2) is 0 Å². The van der Waals surface area contributed by atoms with Crippen LogP contribution in [0.4, 0.5) is 8.78 Å². The fourth-order valence-corrected chi connectivity index (χ4v) is 8.20. The Bertz CT molecular complexity index is 1400. The maximum absolute atomic E-state index is 13.3. The lowest BCUT2D eigenvalue weighted by atomic mass is 9.58. The summed E-state index contributed by atoms with van der Waals surface area (Å²) in [6, 6.07) is 3.18. The Hall–Kier alpha value is -2.43. The highest BCUT2D eigenvalue weighted by molar-refractivity contribution is 6.74. The van der Waals surface area contributed by atoms with Crippen LogP contribution in [-0.4, -0.2) is 39.4 Å². The molecule has 1 saturated carbocycles. The minimum Gasteiger partial charge on any atom is -0.467 e. The molecule has 10 heteroatoms. The first-order valence-corrected chi connectivity index (χ1v) is 17.1. The Labute approximate surface area is 236 Å². The van der Waals surface area contributed by atoms with Gasteiger partial charge in [-0.3, -0.25) is 5.43 Å². The van der Waals surface area contributed by atoms with Gasteiger partial charge in [0.15, 0.2) is 20.6 Å². The van der Waals surface area contributed by atoms with Crippen molar-refractivity contribution in [2.45, 2.75) is 103 Å². The van der Waals surface area contributed by atoms with Crippen LogP contribution in [0.25, 0.3) is 6.08 Å². The van der Waals surface area contributed by atoms with Gasteiger partial charge in [-0.15, -0.1) is 0 Å². The average Bonchev–Trinajstić information content (AvgIpc) is 3.41. The number of halogens is 2. The zero-order chi connectivity index (χ0) is 29.1. The first kappa shape index (κ1) is 29.1. The lowest BCUT2D eigenvalue weighted by Crippen LogP contribution is -2.70. The van der Waals surface area contributed by atoms with Gasteiger partial charge in [0.25, 0.3) is 0 Å². The molecule has 1 fully saturated rings. The van der Waals surface area contributed by atoms with Gasteiger partial charge in [-0.1, -0.05) is 27.7 Å². The number of nitrogens with one attached hydrogen (secondary N) is 2. The molecule has 1 atom stereocenters. The molecular formula is C30H43F2N3O4Si. The second-order valence-electron chi connectivity index (χ2n) is 13.3. The molecule has 3 aliphatic rings. The minimum atomic E-state index is -2.95. The van der Waals surface area contributed by atoms with E-state index in [1.807, 2.05) is 6.92 Å². The third-order valence-electron chi connectivity index (χ3n) is 9.33. The van der Waals surface area contributed by atoms with Crippen LogP contribution < -0.4 is 25.6 Å². The number of aryl methyl sites for hydroxylation is 2. The maximum atomic E-state index is 13.3. The minimum absolute atomic E-state index is 0.0221. The second-order valence-corrected chi connectivity index (χ2v) is 18.0. The number of alkyl halides is 2. The van der Waals surface area contributed by atoms with Gasteiger partial charge in [0.2, 0.25) is 0 Å². The number of hydrogen-bond acceptors (Lipinski definition) is 6. The Kier molecular flexibility index (Phi) is 7.36. The average molecular weight is 576 g/mol. The van der Waals surface area contributed by atoms with Gasteiger partial charge >= 0.3 is 6.61 Å². The molecule has 1 aromatic heterocycles. The second kappa shape index (κ2) is 10.1. The predicted octanol–water partition coefficient (Wildman–Crippen LogP) is 5.40. The van der Waals surface area contributed by atoms with Crippen molar-refractivity contribution in [3.63, 3.8) is 0 Å². The van der Waals surface area contributed by atoms with E-state index in [0.717, 1.165) is 53.9 Å². The molecule has 0 unspecified atom stereocenters. The summed E-state index contributed by atoms with van der Waals surface area (Å²) >= 11 is 0. The molecule has 0 amide bonds. The van der Waals surface area contributed by atoms with Crippen LogP contribution in [0.1, 0.15) is 69.3 Å². The summed E-state index contributed by atoms with van der Waals surface area (Å²) < 4.78 is 50.2. The molecular weight excluding hydrogens is 532 g/mol. The number of nitrogens with zero attached hydrogens (tertiary/aromatic N) is 1. The van der Waals surface area contributed by atoms with Gasteiger partial charge in [-0.2, -0.15) is 13.9 Å². The zero-order valence-electron chi connectivity index (χ0n) is 25.0. The van der Waals surface area contributed by atoms with Crippen LogP contribution in [0.3, 0.4) is 0 Å². The molecule has 40 heavy (non-hydrogen) atoms. The van der Waals surface area contributed by atoms with E-state index in [4.69, 9.17) is 23.7 Å². The number of fused-ring (bicyclic) bond motifs is 3. The number of rotatable bonds is 9. The van der Waals surface area contributed by atoms with E-state index < -0.39 is 26.1 Å². The van der Waals surface area contributed by atoms with Gasteiger partial charge in [-0.05, 0) is 86.3 Å². The molecule has 5 rings (SSSR count). The smallest absolute Gasteiger partial charge is 0.387 e. The Morgan fingerprint density at radius 2 is 1.90 bits per heavy atom. The lowest BCUT2D eigenvalue weighted by molar-refractivity contribution is -0.109. The quantitative estimate of drug-likeness (QED) is 0.309. The predicted molar refractivity (Wildman–Crippen MR) is 153 cm³/mol. The summed E-state index contributed by atoms with van der Waals surface area (Å²) in [6.07, 6.45) is 7.01. The van der Waals surface area contributed by atoms with Crippen LogP contribution in [0.2, 0.25) is 18.1 Å². The van der Waals surface area contributed by atoms with E-state index in [0.29, 0.717) is 11.7 Å². The topological polar surface area (TPSA) is 77.1 Å². The molecule has 220 valence electrons. The van der Waals surface area contributed by atoms with E-state index in [9.17, 15) is 8.78 Å². The van der Waals surface area contributed by atoms with Crippen molar-refractivity contribution in [3.8, 4) is 11.5 Å². The van der Waals surface area contributed by atoms with E-state index in [1.165, 1.54) is 24.4 Å². The standard InChI is InChI=1S/C30H43F2N3O4Si/c1-18-14-29(15-18,39-40(7,8)28(3,4)5)30(16-22-21-10-9-11-23(21)33-26(22)34-35-30)25-19(2)12-20(38-27(31)32)13-24(25)37-17-36-6/h12-13,16,18,27,35H,9-11,14-15,17H2,1-8H3,(H,33,34)/t18?,29?,30-/m0/s1. The van der Waals surface area contributed by atoms with Crippen molar-refractivity contribution in [2.24, 2.45) is 11.0 Å². The van der Waals surface area contributed by atoms with Crippen LogP contribution >= 0.6 is 0 Å². The van der Waals surface area contributed by atoms with E-state index in [-0.39, 0.29) is 17.6 Å². The van der Waals surface area contributed by atoms with Crippen molar-refractivity contribution >= 4 is 14.4 Å². The fraction of sp³-hybridized carbons (Fsp3) is 0.633. The van der Waals surface area contributed by atoms with Crippen molar-refractivity contribution < 1.29 is 27.4 Å². The lowest BCUT2D eigenvalue weighted by Gasteiger charge is -2.61. The molecule has 7 nitrogen and oxygen atoms in total. The molecule has 0 spiro atoms. The number of H-pyrrole nitrogens is 1. The monoisotopic (exact) mass is 575 g/mol. The van der Waals surface area contributed by atoms with Gasteiger partial charge in [0, 0.05) is 29.7 Å². The molecule has 2 aromatic rings. The summed E-state index contributed by atoms with van der Waals surface area (Å²) in [5.74, 6) is 0.889. The fourth-order valence-electron chi connectivity index (χ4n) is 6.59. The van der Waals surface area contributed by atoms with Crippen molar-refractivity contribution in [1.29, 1.82) is 0 Å². The van der Waals surface area contributed by atoms with Crippen LogP contribution in [0, 0.1) is 12.8 Å². The van der Waals surface area contributed by atoms with Crippen LogP contribution in [0.15, 0.2) is 17.2 Å². The van der Waals surface area contributed by atoms with Crippen molar-refractivity contribution in [3.05, 3.63) is 45.2 Å². The number of benzene rings is 1. The molecule has 1 aromatic carbocycles. The molecule has 2 heterocycles. The highest BCUT2D eigenvalue weighted by Crippen LogP contribution is 2.58. The molecule has 1 aliphatic heterocycles. The van der Waals surface area contributed by atoms with E-state index in [1.54, 1.807) is 6.07 Å². The summed E-state index contributed by atoms with van der Waals surface area (Å²) in [4.78, 5) is 3.52. The first-order chi connectivity index (χ1) is 18.7. The summed E-state index contributed by atoms with van der Waals surface area (Å²) in [5, 5.41) is 6.01. The molecule has 0 saturated heterocycles. The highest BCUT2D eigenvalue weighted by atomic mass is 28.4. The van der Waals surface area contributed by atoms with Crippen molar-refractivity contribution in [1.82, 2.24) is 10.4 Å². The van der Waals surface area contributed by atoms with Crippen molar-refractivity contribution in [2.75, 3.05) is 13.9 Å². The molecule has 0 bridgehead atoms. The number of hydrogen-bond donors (Lipinski definition) is 2. The van der Waals surface area contributed by atoms with Gasteiger partial charge in [0.05, 0.1) is 5.60 Å². The Balaban J connectivity index is 1.80. The largest absolute Gasteiger partial charge is 0.467 e. The summed E-state index contributed by atoms with van der Waals surface area (Å²) in [5.41, 5.74) is 6.93. The Morgan fingerprint density at radius 3 is 2.52 bits per heavy atom. The van der Waals surface area contributed by atoms with E-state index in [2.05, 4.69) is 57.3 Å². The number of ether oxygens (including phenoxy) is 3. The number of aromatic amines is 1. The van der Waals surface area contributed by atoms with Crippen LogP contribution in [0.5, 0.6) is 11.5 Å².